The minimum atomic E-state index is -0.402. The first-order valence-electron chi connectivity index (χ1n) is 11.3. The number of nitrogens with zero attached hydrogens (tertiary/aromatic N) is 3. The molecule has 2 heterocycles. The summed E-state index contributed by atoms with van der Waals surface area (Å²) in [7, 11) is 2.21. The van der Waals surface area contributed by atoms with Gasteiger partial charge in [-0.15, -0.1) is 0 Å². The largest absolute Gasteiger partial charge is 0.456 e. The van der Waals surface area contributed by atoms with Gasteiger partial charge in [0, 0.05) is 18.8 Å². The highest BCUT2D eigenvalue weighted by Gasteiger charge is 2.37. The molecule has 2 N–H and O–H groups in total. The van der Waals surface area contributed by atoms with Crippen LogP contribution in [0.5, 0.6) is 0 Å². The molecule has 1 aromatic carbocycles. The summed E-state index contributed by atoms with van der Waals surface area (Å²) in [5.74, 6) is 6.76. The number of anilines is 1. The lowest BCUT2D eigenvalue weighted by molar-refractivity contribution is -0.908. The lowest BCUT2D eigenvalue weighted by Gasteiger charge is -2.44. The molecule has 0 saturated carbocycles. The summed E-state index contributed by atoms with van der Waals surface area (Å²) in [5, 5.41) is 3.59. The lowest BCUT2D eigenvalue weighted by atomic mass is 9.78. The molecule has 2 saturated heterocycles. The van der Waals surface area contributed by atoms with Crippen molar-refractivity contribution in [3.05, 3.63) is 29.8 Å². The number of piperidine rings is 2. The maximum Gasteiger partial charge on any atom is 0.362 e. The van der Waals surface area contributed by atoms with E-state index in [0.717, 1.165) is 48.1 Å². The number of hydrogen-bond acceptors (Lipinski definition) is 5. The number of benzene rings is 1. The number of rotatable bonds is 5. The maximum absolute atomic E-state index is 12.3. The van der Waals surface area contributed by atoms with Gasteiger partial charge < -0.3 is 20.0 Å². The van der Waals surface area contributed by atoms with Gasteiger partial charge in [-0.25, -0.2) is 4.79 Å². The van der Waals surface area contributed by atoms with Crippen molar-refractivity contribution in [1.29, 1.82) is 0 Å². The van der Waals surface area contributed by atoms with Crippen LogP contribution in [0.3, 0.4) is 0 Å². The highest BCUT2D eigenvalue weighted by Crippen LogP contribution is 2.35. The number of ether oxygens (including phenoxy) is 1. The van der Waals surface area contributed by atoms with Gasteiger partial charge in [0.25, 0.3) is 0 Å². The monoisotopic (exact) mass is 415 g/mol. The van der Waals surface area contributed by atoms with Crippen LogP contribution in [-0.2, 0) is 9.53 Å². The smallest absolute Gasteiger partial charge is 0.362 e. The minimum absolute atomic E-state index is 0.0690. The molecule has 1 aromatic rings. The van der Waals surface area contributed by atoms with Crippen molar-refractivity contribution < 1.29 is 14.0 Å². The van der Waals surface area contributed by atoms with Gasteiger partial charge in [-0.3, -0.25) is 0 Å². The zero-order chi connectivity index (χ0) is 21.8. The van der Waals surface area contributed by atoms with E-state index in [1.54, 1.807) is 6.21 Å². The molecule has 0 aromatic heterocycles. The molecule has 0 atom stereocenters. The Balaban J connectivity index is 1.45. The van der Waals surface area contributed by atoms with Crippen LogP contribution < -0.4 is 10.7 Å². The molecule has 2 aliphatic heterocycles. The van der Waals surface area contributed by atoms with Gasteiger partial charge in [-0.05, 0) is 76.0 Å². The van der Waals surface area contributed by atoms with Gasteiger partial charge in [0.15, 0.2) is 6.54 Å². The molecule has 0 radical (unpaired) electrons. The Labute approximate surface area is 181 Å². The number of carbonyl (C=O) groups is 1. The molecule has 6 heteroatoms. The molecule has 0 amide bonds. The Morgan fingerprint density at radius 1 is 1.13 bits per heavy atom. The normalized spacial score (nSPS) is 26.1. The van der Waals surface area contributed by atoms with Crippen molar-refractivity contribution in [1.82, 2.24) is 0 Å². The van der Waals surface area contributed by atoms with Gasteiger partial charge in [0.05, 0.1) is 26.4 Å². The van der Waals surface area contributed by atoms with E-state index in [4.69, 9.17) is 10.6 Å². The van der Waals surface area contributed by atoms with Crippen LogP contribution in [0, 0.1) is 11.8 Å². The predicted octanol–water partition coefficient (Wildman–Crippen LogP) is 3.39. The maximum atomic E-state index is 12.3. The first-order valence-corrected chi connectivity index (χ1v) is 11.3. The van der Waals surface area contributed by atoms with Crippen LogP contribution >= 0.6 is 0 Å². The van der Waals surface area contributed by atoms with Crippen LogP contribution in [0.2, 0.25) is 0 Å². The SMILES string of the molecule is CC(C)(C)OC(=O)C[N+]1(C)CCC(C2CCN(c3ccc(/C=N/N)cc3)CC2)CC1. The Bertz CT molecular complexity index is 723. The summed E-state index contributed by atoms with van der Waals surface area (Å²) in [6, 6.07) is 8.47. The number of nitrogens with two attached hydrogens (primary N) is 1. The Hall–Kier alpha value is -2.08. The first kappa shape index (κ1) is 22.6. The second kappa shape index (κ2) is 9.38. The number of esters is 1. The standard InChI is InChI=1S/C24H39N4O2/c1-24(2,3)30-23(29)18-28(4)15-11-21(12-16-28)20-9-13-27(14-10-20)22-7-5-19(6-8-22)17-26-25/h5-8,17,20-21H,9-16,18,25H2,1-4H3/q+1/b26-17+. The van der Waals surface area contributed by atoms with E-state index >= 15 is 0 Å². The zero-order valence-electron chi connectivity index (χ0n) is 19.1. The number of carbonyl (C=O) groups excluding carboxylic acids is 1. The van der Waals surface area contributed by atoms with E-state index in [1.165, 1.54) is 31.4 Å². The summed E-state index contributed by atoms with van der Waals surface area (Å²) in [5.41, 5.74) is 1.92. The summed E-state index contributed by atoms with van der Waals surface area (Å²) in [6.07, 6.45) is 6.63. The lowest BCUT2D eigenvalue weighted by Crippen LogP contribution is -2.54. The van der Waals surface area contributed by atoms with Gasteiger partial charge in [-0.2, -0.15) is 5.10 Å². The minimum Gasteiger partial charge on any atom is -0.456 e. The third kappa shape index (κ3) is 6.21. The first-order chi connectivity index (χ1) is 14.2. The van der Waals surface area contributed by atoms with E-state index < -0.39 is 5.60 Å². The van der Waals surface area contributed by atoms with Crippen LogP contribution in [0.4, 0.5) is 5.69 Å². The third-order valence-electron chi connectivity index (χ3n) is 6.70. The molecule has 2 fully saturated rings. The molecular weight excluding hydrogens is 376 g/mol. The summed E-state index contributed by atoms with van der Waals surface area (Å²) in [4.78, 5) is 14.8. The highest BCUT2D eigenvalue weighted by molar-refractivity contribution is 5.80. The van der Waals surface area contributed by atoms with E-state index in [1.807, 2.05) is 20.8 Å². The van der Waals surface area contributed by atoms with Gasteiger partial charge in [0.1, 0.15) is 5.60 Å². The summed E-state index contributed by atoms with van der Waals surface area (Å²) < 4.78 is 6.37. The molecule has 0 bridgehead atoms. The quantitative estimate of drug-likeness (QED) is 0.263. The van der Waals surface area contributed by atoms with Crippen molar-refractivity contribution in [3.8, 4) is 0 Å². The van der Waals surface area contributed by atoms with Gasteiger partial charge in [-0.1, -0.05) is 12.1 Å². The van der Waals surface area contributed by atoms with Crippen molar-refractivity contribution in [2.45, 2.75) is 52.1 Å². The zero-order valence-corrected chi connectivity index (χ0v) is 19.1. The molecule has 0 aliphatic carbocycles. The van der Waals surface area contributed by atoms with Gasteiger partial charge in [0.2, 0.25) is 0 Å². The fraction of sp³-hybridized carbons (Fsp3) is 0.667. The van der Waals surface area contributed by atoms with Crippen LogP contribution in [0.1, 0.15) is 52.0 Å². The topological polar surface area (TPSA) is 67.9 Å². The van der Waals surface area contributed by atoms with Crippen molar-refractivity contribution in [2.24, 2.45) is 22.8 Å². The number of likely N-dealkylation sites (N-methyl/N-ethyl adjacent to an activating group) is 1. The number of hydrogen-bond donors (Lipinski definition) is 1. The summed E-state index contributed by atoms with van der Waals surface area (Å²) >= 11 is 0. The molecule has 30 heavy (non-hydrogen) atoms. The fourth-order valence-corrected chi connectivity index (χ4v) is 5.01. The van der Waals surface area contributed by atoms with Crippen molar-refractivity contribution in [3.63, 3.8) is 0 Å². The summed E-state index contributed by atoms with van der Waals surface area (Å²) in [6.45, 7) is 10.7. The van der Waals surface area contributed by atoms with Gasteiger partial charge >= 0.3 is 5.97 Å². The molecule has 0 spiro atoms. The molecule has 166 valence electrons. The fourth-order valence-electron chi connectivity index (χ4n) is 5.01. The number of quaternary nitrogens is 1. The molecule has 2 aliphatic rings. The van der Waals surface area contributed by atoms with Crippen LogP contribution in [-0.4, -0.2) is 62.0 Å². The molecule has 6 nitrogen and oxygen atoms in total. The van der Waals surface area contributed by atoms with E-state index in [-0.39, 0.29) is 5.97 Å². The Morgan fingerprint density at radius 3 is 2.23 bits per heavy atom. The second-order valence-corrected chi connectivity index (χ2v) is 10.3. The van der Waals surface area contributed by atoms with E-state index in [9.17, 15) is 4.79 Å². The second-order valence-electron chi connectivity index (χ2n) is 10.3. The predicted molar refractivity (Wildman–Crippen MR) is 123 cm³/mol. The Kier molecular flexibility index (Phi) is 7.06. The van der Waals surface area contributed by atoms with Crippen molar-refractivity contribution >= 4 is 17.9 Å². The van der Waals surface area contributed by atoms with E-state index in [0.29, 0.717) is 6.54 Å². The Morgan fingerprint density at radius 2 is 1.70 bits per heavy atom. The average Bonchev–Trinajstić information content (AvgIpc) is 2.68. The van der Waals surface area contributed by atoms with Crippen LogP contribution in [0.25, 0.3) is 0 Å². The van der Waals surface area contributed by atoms with E-state index in [2.05, 4.69) is 41.3 Å². The molecule has 3 rings (SSSR count). The third-order valence-corrected chi connectivity index (χ3v) is 6.70. The number of likely N-dealkylation sites (tertiary alicyclic amines) is 1. The van der Waals surface area contributed by atoms with Crippen LogP contribution in [0.15, 0.2) is 29.4 Å². The highest BCUT2D eigenvalue weighted by atomic mass is 16.6. The average molecular weight is 416 g/mol. The van der Waals surface area contributed by atoms with Crippen molar-refractivity contribution in [2.75, 3.05) is 44.7 Å². The molecular formula is C24H39N4O2+. The molecule has 0 unspecified atom stereocenters. The number of hydrazone groups is 1.